The molecule has 0 spiro atoms. The Balaban J connectivity index is 1.92. The molecule has 1 atom stereocenters. The zero-order valence-electron chi connectivity index (χ0n) is 11.0. The van der Waals surface area contributed by atoms with E-state index >= 15 is 0 Å². The van der Waals surface area contributed by atoms with Gasteiger partial charge in [0.05, 0.1) is 13.2 Å². The van der Waals surface area contributed by atoms with Gasteiger partial charge in [0.1, 0.15) is 12.6 Å². The molecular weight excluding hydrogens is 250 g/mol. The topological polar surface area (TPSA) is 87.7 Å². The number of amides is 2. The molecule has 1 aliphatic heterocycles. The van der Waals surface area contributed by atoms with E-state index in [9.17, 15) is 14.4 Å². The molecule has 2 amide bonds. The molecule has 0 bridgehead atoms. The molecule has 0 aromatic carbocycles. The predicted octanol–water partition coefficient (Wildman–Crippen LogP) is -1.37. The molecule has 2 N–H and O–H groups in total. The molecule has 19 heavy (non-hydrogen) atoms. The van der Waals surface area contributed by atoms with E-state index in [1.807, 2.05) is 0 Å². The van der Waals surface area contributed by atoms with Crippen LogP contribution in [0.5, 0.6) is 0 Å². The Labute approximate surface area is 111 Å². The summed E-state index contributed by atoms with van der Waals surface area (Å²) in [5.74, 6) is -0.648. The van der Waals surface area contributed by atoms with Gasteiger partial charge in [0.2, 0.25) is 11.8 Å². The highest BCUT2D eigenvalue weighted by atomic mass is 16.5. The van der Waals surface area contributed by atoms with E-state index in [1.165, 1.54) is 0 Å². The number of esters is 1. The molecular formula is C12H19N3O4. The van der Waals surface area contributed by atoms with Crippen LogP contribution in [0.3, 0.4) is 0 Å². The molecule has 2 fully saturated rings. The second kappa shape index (κ2) is 6.01. The van der Waals surface area contributed by atoms with Gasteiger partial charge in [-0.05, 0) is 19.8 Å². The smallest absolute Gasteiger partial charge is 0.325 e. The Morgan fingerprint density at radius 3 is 2.68 bits per heavy atom. The van der Waals surface area contributed by atoms with Crippen molar-refractivity contribution in [2.45, 2.75) is 31.8 Å². The van der Waals surface area contributed by atoms with Gasteiger partial charge in [-0.2, -0.15) is 0 Å². The first-order chi connectivity index (χ1) is 9.11. The fourth-order valence-corrected chi connectivity index (χ4v) is 2.06. The number of carbonyl (C=O) groups excluding carboxylic acids is 3. The van der Waals surface area contributed by atoms with Gasteiger partial charge in [0.15, 0.2) is 0 Å². The SMILES string of the molecule is CCOC(=O)CN(C(=O)C1CNC(=O)CN1)C1CC1. The van der Waals surface area contributed by atoms with Gasteiger partial charge in [-0.25, -0.2) is 0 Å². The first kappa shape index (κ1) is 13.8. The average Bonchev–Trinajstić information content (AvgIpc) is 3.21. The average molecular weight is 269 g/mol. The van der Waals surface area contributed by atoms with Crippen molar-refractivity contribution in [2.24, 2.45) is 0 Å². The second-order valence-electron chi connectivity index (χ2n) is 4.74. The third-order valence-electron chi connectivity index (χ3n) is 3.19. The highest BCUT2D eigenvalue weighted by molar-refractivity contribution is 5.89. The van der Waals surface area contributed by atoms with Crippen molar-refractivity contribution in [3.8, 4) is 0 Å². The molecule has 2 rings (SSSR count). The third kappa shape index (κ3) is 3.66. The van der Waals surface area contributed by atoms with Crippen molar-refractivity contribution >= 4 is 17.8 Å². The summed E-state index contributed by atoms with van der Waals surface area (Å²) in [5, 5.41) is 5.52. The van der Waals surface area contributed by atoms with E-state index in [2.05, 4.69) is 10.6 Å². The molecule has 0 aromatic heterocycles. The van der Waals surface area contributed by atoms with Crippen LogP contribution in [0.25, 0.3) is 0 Å². The summed E-state index contributed by atoms with van der Waals surface area (Å²) in [5.41, 5.74) is 0. The Kier molecular flexibility index (Phi) is 4.36. The maximum absolute atomic E-state index is 12.3. The largest absolute Gasteiger partial charge is 0.465 e. The van der Waals surface area contributed by atoms with E-state index in [-0.39, 0.29) is 43.5 Å². The van der Waals surface area contributed by atoms with Crippen LogP contribution >= 0.6 is 0 Å². The van der Waals surface area contributed by atoms with Gasteiger partial charge in [-0.1, -0.05) is 0 Å². The van der Waals surface area contributed by atoms with Gasteiger partial charge in [-0.15, -0.1) is 0 Å². The van der Waals surface area contributed by atoms with Gasteiger partial charge < -0.3 is 15.0 Å². The van der Waals surface area contributed by atoms with E-state index in [0.717, 1.165) is 12.8 Å². The first-order valence-electron chi connectivity index (χ1n) is 6.58. The van der Waals surface area contributed by atoms with E-state index < -0.39 is 6.04 Å². The Morgan fingerprint density at radius 1 is 1.42 bits per heavy atom. The van der Waals surface area contributed by atoms with Crippen LogP contribution in [0.4, 0.5) is 0 Å². The van der Waals surface area contributed by atoms with Gasteiger partial charge >= 0.3 is 5.97 Å². The van der Waals surface area contributed by atoms with E-state index in [0.29, 0.717) is 6.61 Å². The molecule has 1 unspecified atom stereocenters. The number of hydrogen-bond donors (Lipinski definition) is 2. The van der Waals surface area contributed by atoms with Crippen LogP contribution in [0.2, 0.25) is 0 Å². The van der Waals surface area contributed by atoms with Gasteiger partial charge in [0.25, 0.3) is 0 Å². The number of nitrogens with zero attached hydrogens (tertiary/aromatic N) is 1. The zero-order chi connectivity index (χ0) is 13.8. The molecule has 0 aromatic rings. The maximum Gasteiger partial charge on any atom is 0.325 e. The van der Waals surface area contributed by atoms with Crippen LogP contribution in [0, 0.1) is 0 Å². The van der Waals surface area contributed by atoms with E-state index in [1.54, 1.807) is 11.8 Å². The second-order valence-corrected chi connectivity index (χ2v) is 4.74. The minimum Gasteiger partial charge on any atom is -0.465 e. The molecule has 1 aliphatic carbocycles. The van der Waals surface area contributed by atoms with Crippen LogP contribution in [-0.2, 0) is 19.1 Å². The fraction of sp³-hybridized carbons (Fsp3) is 0.750. The molecule has 1 saturated carbocycles. The van der Waals surface area contributed by atoms with Crippen LogP contribution in [-0.4, -0.2) is 61.0 Å². The van der Waals surface area contributed by atoms with Crippen LogP contribution in [0.15, 0.2) is 0 Å². The molecule has 1 saturated heterocycles. The van der Waals surface area contributed by atoms with Crippen molar-refractivity contribution < 1.29 is 19.1 Å². The zero-order valence-corrected chi connectivity index (χ0v) is 11.0. The number of hydrogen-bond acceptors (Lipinski definition) is 5. The highest BCUT2D eigenvalue weighted by Crippen LogP contribution is 2.27. The molecule has 0 radical (unpaired) electrons. The summed E-state index contributed by atoms with van der Waals surface area (Å²) in [6, 6.07) is -0.316. The quantitative estimate of drug-likeness (QED) is 0.601. The lowest BCUT2D eigenvalue weighted by molar-refractivity contribution is -0.150. The lowest BCUT2D eigenvalue weighted by atomic mass is 10.2. The molecule has 7 heteroatoms. The molecule has 1 heterocycles. The normalized spacial score (nSPS) is 22.6. The van der Waals surface area contributed by atoms with Crippen molar-refractivity contribution in [3.05, 3.63) is 0 Å². The van der Waals surface area contributed by atoms with Crippen LogP contribution < -0.4 is 10.6 Å². The van der Waals surface area contributed by atoms with Crippen molar-refractivity contribution in [1.29, 1.82) is 0 Å². The van der Waals surface area contributed by atoms with Gasteiger partial charge in [-0.3, -0.25) is 19.7 Å². The first-order valence-corrected chi connectivity index (χ1v) is 6.58. The number of nitrogens with one attached hydrogen (secondary N) is 2. The Morgan fingerprint density at radius 2 is 2.16 bits per heavy atom. The van der Waals surface area contributed by atoms with Gasteiger partial charge in [0, 0.05) is 12.6 Å². The fourth-order valence-electron chi connectivity index (χ4n) is 2.06. The van der Waals surface area contributed by atoms with Crippen molar-refractivity contribution in [1.82, 2.24) is 15.5 Å². The number of ether oxygens (including phenoxy) is 1. The molecule has 106 valence electrons. The highest BCUT2D eigenvalue weighted by Gasteiger charge is 2.38. The minimum atomic E-state index is -0.451. The number of rotatable bonds is 5. The summed E-state index contributed by atoms with van der Waals surface area (Å²) in [6.07, 6.45) is 1.84. The number of piperazine rings is 1. The standard InChI is InChI=1S/C12H19N3O4/c1-2-19-11(17)7-15(8-3-4-8)12(18)9-5-14-10(16)6-13-9/h8-9,13H,2-7H2,1H3,(H,14,16). The Hall–Kier alpha value is -1.63. The monoisotopic (exact) mass is 269 g/mol. The van der Waals surface area contributed by atoms with E-state index in [4.69, 9.17) is 4.74 Å². The molecule has 7 nitrogen and oxygen atoms in total. The predicted molar refractivity (Wildman–Crippen MR) is 66.2 cm³/mol. The summed E-state index contributed by atoms with van der Waals surface area (Å²) in [7, 11) is 0. The van der Waals surface area contributed by atoms with Crippen molar-refractivity contribution in [2.75, 3.05) is 26.2 Å². The molecule has 2 aliphatic rings. The van der Waals surface area contributed by atoms with Crippen LogP contribution in [0.1, 0.15) is 19.8 Å². The lowest BCUT2D eigenvalue weighted by Gasteiger charge is -2.29. The Bertz CT molecular complexity index is 371. The minimum absolute atomic E-state index is 0.0104. The lowest BCUT2D eigenvalue weighted by Crippen LogP contribution is -2.59. The summed E-state index contributed by atoms with van der Waals surface area (Å²) in [4.78, 5) is 36.4. The third-order valence-corrected chi connectivity index (χ3v) is 3.19. The van der Waals surface area contributed by atoms with Crippen molar-refractivity contribution in [3.63, 3.8) is 0 Å². The number of carbonyl (C=O) groups is 3. The summed E-state index contributed by atoms with van der Waals surface area (Å²) >= 11 is 0. The summed E-state index contributed by atoms with van der Waals surface area (Å²) in [6.45, 7) is 2.43. The maximum atomic E-state index is 12.3. The summed E-state index contributed by atoms with van der Waals surface area (Å²) < 4.78 is 4.88.